The molecule has 0 radical (unpaired) electrons. The minimum absolute atomic E-state index is 0.0804. The first-order valence-corrected chi connectivity index (χ1v) is 8.79. The molecule has 0 saturated heterocycles. The van der Waals surface area contributed by atoms with Crippen LogP contribution in [0, 0.1) is 4.77 Å². The summed E-state index contributed by atoms with van der Waals surface area (Å²) in [4.78, 5) is 27.6. The van der Waals surface area contributed by atoms with Crippen LogP contribution >= 0.6 is 12.2 Å². The number of methoxy groups -OCH3 is 2. The van der Waals surface area contributed by atoms with Crippen molar-refractivity contribution in [1.29, 1.82) is 0 Å². The number of esters is 1. The van der Waals surface area contributed by atoms with Crippen LogP contribution in [0.5, 0.6) is 17.4 Å². The Hall–Kier alpha value is -2.81. The maximum Gasteiger partial charge on any atom is 0.343 e. The summed E-state index contributed by atoms with van der Waals surface area (Å²) in [5.74, 6) is -0.406. The number of benzene rings is 1. The van der Waals surface area contributed by atoms with Crippen LogP contribution in [0.4, 0.5) is 0 Å². The topological polar surface area (TPSA) is 103 Å². The van der Waals surface area contributed by atoms with Gasteiger partial charge in [0.2, 0.25) is 5.88 Å². The van der Waals surface area contributed by atoms with Crippen molar-refractivity contribution in [3.63, 3.8) is 0 Å². The third-order valence-electron chi connectivity index (χ3n) is 4.74. The molecule has 0 unspecified atom stereocenters. The van der Waals surface area contributed by atoms with Crippen LogP contribution < -0.4 is 15.0 Å². The first kappa shape index (κ1) is 19.0. The zero-order chi connectivity index (χ0) is 19.9. The van der Waals surface area contributed by atoms with E-state index in [1.165, 1.54) is 18.8 Å². The molecular weight excluding hydrogens is 372 g/mol. The van der Waals surface area contributed by atoms with Gasteiger partial charge in [-0.1, -0.05) is 13.0 Å². The number of carbonyl (C=O) groups excluding carboxylic acids is 1. The number of nitrogens with zero attached hydrogens (tertiary/aromatic N) is 1. The molecule has 0 aliphatic carbocycles. The van der Waals surface area contributed by atoms with E-state index in [0.717, 1.165) is 0 Å². The van der Waals surface area contributed by atoms with Gasteiger partial charge in [0.1, 0.15) is 11.1 Å². The number of aromatic nitrogens is 2. The quantitative estimate of drug-likeness (QED) is 0.596. The van der Waals surface area contributed by atoms with Crippen molar-refractivity contribution in [2.45, 2.75) is 32.4 Å². The molecule has 0 amide bonds. The molecule has 0 spiro atoms. The predicted molar refractivity (Wildman–Crippen MR) is 99.4 cm³/mol. The van der Waals surface area contributed by atoms with Gasteiger partial charge in [-0.15, -0.1) is 0 Å². The van der Waals surface area contributed by atoms with E-state index in [-0.39, 0.29) is 33.6 Å². The summed E-state index contributed by atoms with van der Waals surface area (Å²) >= 11 is 5.18. The molecule has 2 atom stereocenters. The van der Waals surface area contributed by atoms with Gasteiger partial charge in [-0.3, -0.25) is 14.3 Å². The molecule has 0 bridgehead atoms. The van der Waals surface area contributed by atoms with Crippen LogP contribution in [0.2, 0.25) is 0 Å². The summed E-state index contributed by atoms with van der Waals surface area (Å²) in [7, 11) is 2.86. The molecule has 2 aromatic rings. The van der Waals surface area contributed by atoms with E-state index in [1.807, 2.05) is 13.8 Å². The first-order valence-electron chi connectivity index (χ1n) is 8.39. The Morgan fingerprint density at radius 2 is 2.04 bits per heavy atom. The van der Waals surface area contributed by atoms with Gasteiger partial charge in [-0.25, -0.2) is 4.79 Å². The van der Waals surface area contributed by atoms with E-state index in [2.05, 4.69) is 4.98 Å². The highest BCUT2D eigenvalue weighted by Crippen LogP contribution is 2.45. The van der Waals surface area contributed by atoms with Gasteiger partial charge in [0, 0.05) is 11.6 Å². The van der Waals surface area contributed by atoms with Crippen LogP contribution in [-0.4, -0.2) is 34.8 Å². The fourth-order valence-electron chi connectivity index (χ4n) is 3.20. The number of hydrogen-bond acceptors (Lipinski definition) is 7. The van der Waals surface area contributed by atoms with Gasteiger partial charge in [-0.05, 0) is 31.6 Å². The summed E-state index contributed by atoms with van der Waals surface area (Å²) in [6.45, 7) is 3.79. The SMILES string of the molecule is CC[C@H](C)n1c(O)c([C@H]2OC(=O)c3c2ccc(OC)c3OC)c(=O)[nH]c1=S. The molecule has 8 nitrogen and oxygen atoms in total. The Bertz CT molecular complexity index is 1030. The van der Waals surface area contributed by atoms with Crippen LogP contribution in [0.25, 0.3) is 0 Å². The van der Waals surface area contributed by atoms with Gasteiger partial charge in [0.05, 0.1) is 14.2 Å². The minimum Gasteiger partial charge on any atom is -0.494 e. The Kier molecular flexibility index (Phi) is 4.97. The van der Waals surface area contributed by atoms with Gasteiger partial charge in [0.15, 0.2) is 22.4 Å². The molecule has 27 heavy (non-hydrogen) atoms. The molecule has 2 heterocycles. The fraction of sp³-hybridized carbons (Fsp3) is 0.389. The lowest BCUT2D eigenvalue weighted by Crippen LogP contribution is -2.23. The lowest BCUT2D eigenvalue weighted by Gasteiger charge is -2.20. The molecule has 1 aromatic carbocycles. The van der Waals surface area contributed by atoms with E-state index >= 15 is 0 Å². The number of rotatable bonds is 5. The Morgan fingerprint density at radius 1 is 1.33 bits per heavy atom. The fourth-order valence-corrected chi connectivity index (χ4v) is 3.55. The van der Waals surface area contributed by atoms with Crippen molar-refractivity contribution < 1.29 is 24.1 Å². The highest BCUT2D eigenvalue weighted by atomic mass is 32.1. The van der Waals surface area contributed by atoms with Gasteiger partial charge >= 0.3 is 5.97 Å². The average Bonchev–Trinajstić information content (AvgIpc) is 2.96. The molecule has 3 rings (SSSR count). The highest BCUT2D eigenvalue weighted by Gasteiger charge is 2.40. The standard InChI is InChI=1S/C18H20N2O6S/c1-5-8(2)20-16(22)12(15(21)19-18(20)27)13-9-6-7-10(24-3)14(25-4)11(9)17(23)26-13/h6-8,13,22H,5H2,1-4H3,(H,19,21,27)/t8-,13-/m0/s1. The molecule has 0 fully saturated rings. The monoisotopic (exact) mass is 392 g/mol. The van der Waals surface area contributed by atoms with Gasteiger partial charge in [-0.2, -0.15) is 0 Å². The van der Waals surface area contributed by atoms with Crippen molar-refractivity contribution in [2.75, 3.05) is 14.2 Å². The number of aromatic hydroxyl groups is 1. The maximum absolute atomic E-state index is 12.6. The van der Waals surface area contributed by atoms with Crippen LogP contribution in [0.1, 0.15) is 53.9 Å². The molecular formula is C18H20N2O6S. The molecule has 9 heteroatoms. The number of H-pyrrole nitrogens is 1. The van der Waals surface area contributed by atoms with Gasteiger partial charge < -0.3 is 19.3 Å². The van der Waals surface area contributed by atoms with E-state index in [0.29, 0.717) is 17.7 Å². The third kappa shape index (κ3) is 2.87. The van der Waals surface area contributed by atoms with Crippen molar-refractivity contribution in [3.8, 4) is 17.4 Å². The summed E-state index contributed by atoms with van der Waals surface area (Å²) in [5, 5.41) is 10.8. The normalized spacial score (nSPS) is 16.6. The van der Waals surface area contributed by atoms with Crippen molar-refractivity contribution in [3.05, 3.63) is 43.9 Å². The summed E-state index contributed by atoms with van der Waals surface area (Å²) in [6, 6.07) is 3.07. The summed E-state index contributed by atoms with van der Waals surface area (Å²) in [5.41, 5.74) is -0.120. The van der Waals surface area contributed by atoms with E-state index < -0.39 is 17.6 Å². The molecule has 144 valence electrons. The number of nitrogens with one attached hydrogen (secondary N) is 1. The van der Waals surface area contributed by atoms with Crippen molar-refractivity contribution >= 4 is 18.2 Å². The zero-order valence-electron chi connectivity index (χ0n) is 15.4. The number of carbonyl (C=O) groups is 1. The van der Waals surface area contributed by atoms with E-state index in [9.17, 15) is 14.7 Å². The second kappa shape index (κ2) is 7.07. The summed E-state index contributed by atoms with van der Waals surface area (Å²) < 4.78 is 17.5. The number of aromatic amines is 1. The van der Waals surface area contributed by atoms with Gasteiger partial charge in [0.25, 0.3) is 5.56 Å². The van der Waals surface area contributed by atoms with E-state index in [1.54, 1.807) is 12.1 Å². The smallest absolute Gasteiger partial charge is 0.343 e. The van der Waals surface area contributed by atoms with Crippen molar-refractivity contribution in [2.24, 2.45) is 0 Å². The Labute approximate surface area is 160 Å². The average molecular weight is 392 g/mol. The Balaban J connectivity index is 2.26. The lowest BCUT2D eigenvalue weighted by molar-refractivity contribution is 0.0446. The molecule has 1 aliphatic heterocycles. The van der Waals surface area contributed by atoms with Crippen LogP contribution in [0.3, 0.4) is 0 Å². The maximum atomic E-state index is 12.6. The first-order chi connectivity index (χ1) is 12.8. The second-order valence-corrected chi connectivity index (χ2v) is 6.56. The van der Waals surface area contributed by atoms with Crippen molar-refractivity contribution in [1.82, 2.24) is 9.55 Å². The molecule has 1 aromatic heterocycles. The molecule has 2 N–H and O–H groups in total. The third-order valence-corrected chi connectivity index (χ3v) is 5.03. The van der Waals surface area contributed by atoms with Crippen LogP contribution in [0.15, 0.2) is 16.9 Å². The number of cyclic esters (lactones) is 1. The number of hydrogen-bond donors (Lipinski definition) is 2. The number of ether oxygens (including phenoxy) is 3. The molecule has 0 saturated carbocycles. The van der Waals surface area contributed by atoms with Crippen LogP contribution in [-0.2, 0) is 4.74 Å². The highest BCUT2D eigenvalue weighted by molar-refractivity contribution is 7.71. The molecule has 1 aliphatic rings. The zero-order valence-corrected chi connectivity index (χ0v) is 16.2. The second-order valence-electron chi connectivity index (χ2n) is 6.17. The summed E-state index contributed by atoms with van der Waals surface area (Å²) in [6.07, 6.45) is -0.402. The largest absolute Gasteiger partial charge is 0.494 e. The lowest BCUT2D eigenvalue weighted by atomic mass is 9.99. The van der Waals surface area contributed by atoms with E-state index in [4.69, 9.17) is 26.4 Å². The number of fused-ring (bicyclic) bond motifs is 1. The minimum atomic E-state index is -1.08. The Morgan fingerprint density at radius 3 is 2.63 bits per heavy atom. The predicted octanol–water partition coefficient (Wildman–Crippen LogP) is 2.86.